The summed E-state index contributed by atoms with van der Waals surface area (Å²) in [6.45, 7) is 4.56. The van der Waals surface area contributed by atoms with Gasteiger partial charge in [0.25, 0.3) is 0 Å². The van der Waals surface area contributed by atoms with Crippen molar-refractivity contribution < 1.29 is 22.6 Å². The lowest BCUT2D eigenvalue weighted by Gasteiger charge is -2.20. The highest BCUT2D eigenvalue weighted by Crippen LogP contribution is 2.33. The van der Waals surface area contributed by atoms with Crippen LogP contribution in [0.25, 0.3) is 5.70 Å². The van der Waals surface area contributed by atoms with Gasteiger partial charge in [0.15, 0.2) is 6.29 Å². The molecule has 24 heavy (non-hydrogen) atoms. The zero-order chi connectivity index (χ0) is 18.2. The number of allylic oxidation sites excluding steroid dienone is 1. The van der Waals surface area contributed by atoms with Crippen LogP contribution in [0.1, 0.15) is 25.0 Å². The molecule has 0 fully saturated rings. The molecule has 0 aliphatic rings. The molecule has 0 amide bonds. The molecule has 0 spiro atoms. The molecule has 0 aliphatic heterocycles. The summed E-state index contributed by atoms with van der Waals surface area (Å²) in [5, 5.41) is 11.9. The molecule has 132 valence electrons. The number of nitriles is 1. The molecule has 0 aromatic heterocycles. The molecule has 1 aromatic carbocycles. The minimum Gasteiger partial charge on any atom is -0.379 e. The highest BCUT2D eigenvalue weighted by Gasteiger charge is 2.31. The highest BCUT2D eigenvalue weighted by atomic mass is 35.5. The number of alkyl halides is 3. The van der Waals surface area contributed by atoms with E-state index in [0.717, 1.165) is 24.3 Å². The Morgan fingerprint density at radius 3 is 2.46 bits per heavy atom. The van der Waals surface area contributed by atoms with Crippen LogP contribution in [0.3, 0.4) is 0 Å². The van der Waals surface area contributed by atoms with Crippen molar-refractivity contribution in [3.63, 3.8) is 0 Å². The molecule has 0 bridgehead atoms. The molecule has 1 aromatic rings. The second-order valence-corrected chi connectivity index (χ2v) is 5.01. The summed E-state index contributed by atoms with van der Waals surface area (Å²) in [6.07, 6.45) is -4.00. The fourth-order valence-corrected chi connectivity index (χ4v) is 2.15. The van der Waals surface area contributed by atoms with Crippen molar-refractivity contribution in [1.29, 1.82) is 5.26 Å². The van der Waals surface area contributed by atoms with Crippen LogP contribution in [0.5, 0.6) is 0 Å². The summed E-state index contributed by atoms with van der Waals surface area (Å²) in [4.78, 5) is 0. The fraction of sp³-hybridized carbons (Fsp3) is 0.438. The van der Waals surface area contributed by atoms with Crippen LogP contribution in [0.4, 0.5) is 13.2 Å². The number of nitrogens with one attached hydrogen (secondary N) is 1. The molecule has 4 nitrogen and oxygen atoms in total. The van der Waals surface area contributed by atoms with Crippen molar-refractivity contribution >= 4 is 17.3 Å². The van der Waals surface area contributed by atoms with Crippen LogP contribution in [-0.4, -0.2) is 26.0 Å². The standard InChI is InChI=1S/C16H18ClF3N2O2/c1-3-23-15(24-4-2)10-22-14(7-8-21)12-9-11(16(18,19)20)5-6-13(12)17/h5-7,9,15,22H,3-4,10H2,1-2H3. The third kappa shape index (κ3) is 6.04. The van der Waals surface area contributed by atoms with E-state index in [1.165, 1.54) is 0 Å². The first-order valence-electron chi connectivity index (χ1n) is 7.27. The maximum absolute atomic E-state index is 12.9. The fourth-order valence-electron chi connectivity index (χ4n) is 1.93. The molecule has 0 aliphatic carbocycles. The smallest absolute Gasteiger partial charge is 0.379 e. The van der Waals surface area contributed by atoms with E-state index < -0.39 is 18.0 Å². The van der Waals surface area contributed by atoms with E-state index in [9.17, 15) is 13.2 Å². The summed E-state index contributed by atoms with van der Waals surface area (Å²) in [7, 11) is 0. The summed E-state index contributed by atoms with van der Waals surface area (Å²) in [6, 6.07) is 4.73. The van der Waals surface area contributed by atoms with E-state index in [0.29, 0.717) is 13.2 Å². The third-order valence-electron chi connectivity index (χ3n) is 2.96. The van der Waals surface area contributed by atoms with Gasteiger partial charge >= 0.3 is 6.18 Å². The molecule has 8 heteroatoms. The number of halogens is 4. The van der Waals surface area contributed by atoms with Gasteiger partial charge in [0.05, 0.1) is 23.9 Å². The maximum atomic E-state index is 12.9. The van der Waals surface area contributed by atoms with Gasteiger partial charge < -0.3 is 14.8 Å². The van der Waals surface area contributed by atoms with Gasteiger partial charge in [-0.05, 0) is 32.0 Å². The molecular weight excluding hydrogens is 345 g/mol. The predicted octanol–water partition coefficient (Wildman–Crippen LogP) is 4.21. The van der Waals surface area contributed by atoms with Crippen molar-refractivity contribution in [1.82, 2.24) is 5.32 Å². The lowest BCUT2D eigenvalue weighted by atomic mass is 10.1. The summed E-state index contributed by atoms with van der Waals surface area (Å²) in [5.41, 5.74) is -0.600. The Morgan fingerprint density at radius 1 is 1.33 bits per heavy atom. The van der Waals surface area contributed by atoms with Crippen LogP contribution >= 0.6 is 11.6 Å². The first-order chi connectivity index (χ1) is 11.3. The molecule has 0 saturated carbocycles. The van der Waals surface area contributed by atoms with Gasteiger partial charge in [-0.15, -0.1) is 0 Å². The number of hydrogen-bond acceptors (Lipinski definition) is 4. The molecule has 1 N–H and O–H groups in total. The Bertz CT molecular complexity index is 606. The Labute approximate surface area is 143 Å². The summed E-state index contributed by atoms with van der Waals surface area (Å²) < 4.78 is 49.3. The van der Waals surface area contributed by atoms with Crippen LogP contribution in [0.2, 0.25) is 5.02 Å². The van der Waals surface area contributed by atoms with E-state index in [1.54, 1.807) is 19.9 Å². The van der Waals surface area contributed by atoms with Gasteiger partial charge in [0.1, 0.15) is 0 Å². The van der Waals surface area contributed by atoms with E-state index in [1.807, 2.05) is 0 Å². The lowest BCUT2D eigenvalue weighted by Crippen LogP contribution is -2.31. The summed E-state index contributed by atoms with van der Waals surface area (Å²) >= 11 is 5.99. The van der Waals surface area contributed by atoms with Gasteiger partial charge in [0, 0.05) is 29.9 Å². The quantitative estimate of drug-likeness (QED) is 0.556. The maximum Gasteiger partial charge on any atom is 0.416 e. The Balaban J connectivity index is 3.05. The van der Waals surface area contributed by atoms with E-state index in [4.69, 9.17) is 26.3 Å². The predicted molar refractivity (Wildman–Crippen MR) is 85.1 cm³/mol. The zero-order valence-corrected chi connectivity index (χ0v) is 14.0. The van der Waals surface area contributed by atoms with E-state index in [2.05, 4.69) is 5.32 Å². The molecule has 0 radical (unpaired) electrons. The average Bonchev–Trinajstić information content (AvgIpc) is 2.51. The Kier molecular flexibility index (Phi) is 8.05. The van der Waals surface area contributed by atoms with Crippen molar-refractivity contribution in [2.24, 2.45) is 0 Å². The minimum atomic E-state index is -4.50. The SMILES string of the molecule is CCOC(CNC(=CC#N)c1cc(C(F)(F)F)ccc1Cl)OCC. The second-order valence-electron chi connectivity index (χ2n) is 4.60. The zero-order valence-electron chi connectivity index (χ0n) is 13.3. The van der Waals surface area contributed by atoms with Crippen LogP contribution in [-0.2, 0) is 15.7 Å². The highest BCUT2D eigenvalue weighted by molar-refractivity contribution is 6.32. The van der Waals surface area contributed by atoms with E-state index >= 15 is 0 Å². The van der Waals surface area contributed by atoms with Crippen molar-refractivity contribution in [3.8, 4) is 6.07 Å². The topological polar surface area (TPSA) is 54.3 Å². The summed E-state index contributed by atoms with van der Waals surface area (Å²) in [5.74, 6) is 0. The molecular formula is C16H18ClF3N2O2. The van der Waals surface area contributed by atoms with Crippen LogP contribution in [0.15, 0.2) is 24.3 Å². The molecule has 0 atom stereocenters. The monoisotopic (exact) mass is 362 g/mol. The Hall–Kier alpha value is -1.75. The van der Waals surface area contributed by atoms with Crippen LogP contribution < -0.4 is 5.32 Å². The number of hydrogen-bond donors (Lipinski definition) is 1. The largest absolute Gasteiger partial charge is 0.416 e. The third-order valence-corrected chi connectivity index (χ3v) is 3.29. The first kappa shape index (κ1) is 20.3. The Morgan fingerprint density at radius 2 is 1.96 bits per heavy atom. The number of benzene rings is 1. The molecule has 0 saturated heterocycles. The van der Waals surface area contributed by atoms with Gasteiger partial charge in [-0.1, -0.05) is 11.6 Å². The normalized spacial score (nSPS) is 12.3. The minimum absolute atomic E-state index is 0.0831. The number of ether oxygens (including phenoxy) is 2. The van der Waals surface area contributed by atoms with E-state index in [-0.39, 0.29) is 22.8 Å². The van der Waals surface area contributed by atoms with Crippen molar-refractivity contribution in [2.45, 2.75) is 26.3 Å². The first-order valence-corrected chi connectivity index (χ1v) is 7.65. The van der Waals surface area contributed by atoms with Crippen molar-refractivity contribution in [2.75, 3.05) is 19.8 Å². The molecule has 0 heterocycles. The molecule has 1 rings (SSSR count). The van der Waals surface area contributed by atoms with Gasteiger partial charge in [-0.25, -0.2) is 0 Å². The van der Waals surface area contributed by atoms with Gasteiger partial charge in [0.2, 0.25) is 0 Å². The van der Waals surface area contributed by atoms with Gasteiger partial charge in [-0.2, -0.15) is 18.4 Å². The second kappa shape index (κ2) is 9.52. The average molecular weight is 363 g/mol. The van der Waals surface area contributed by atoms with Gasteiger partial charge in [-0.3, -0.25) is 0 Å². The number of nitrogens with zero attached hydrogens (tertiary/aromatic N) is 1. The lowest BCUT2D eigenvalue weighted by molar-refractivity contribution is -0.137. The number of rotatable bonds is 8. The molecule has 0 unspecified atom stereocenters. The van der Waals surface area contributed by atoms with Crippen molar-refractivity contribution in [3.05, 3.63) is 40.4 Å². The van der Waals surface area contributed by atoms with Crippen LogP contribution in [0, 0.1) is 11.3 Å².